The van der Waals surface area contributed by atoms with Crippen molar-refractivity contribution in [1.82, 2.24) is 0 Å². The van der Waals surface area contributed by atoms with E-state index in [1.165, 1.54) is 12.1 Å². The summed E-state index contributed by atoms with van der Waals surface area (Å²) in [5.74, 6) is 0.503. The van der Waals surface area contributed by atoms with Crippen LogP contribution in [0.15, 0.2) is 36.4 Å². The second-order valence-electron chi connectivity index (χ2n) is 3.97. The molecule has 98 valence electrons. The summed E-state index contributed by atoms with van der Waals surface area (Å²) in [6.45, 7) is 1.99. The molecular weight excluding hydrogens is 470 g/mol. The highest BCUT2D eigenvalue weighted by molar-refractivity contribution is 14.1. The maximum Gasteiger partial charge on any atom is 0.335 e. The first-order valence-corrected chi connectivity index (χ1v) is 7.60. The summed E-state index contributed by atoms with van der Waals surface area (Å²) in [5.41, 5.74) is 1.31. The van der Waals surface area contributed by atoms with Gasteiger partial charge >= 0.3 is 5.97 Å². The number of rotatable bonds is 3. The van der Waals surface area contributed by atoms with Gasteiger partial charge < -0.3 is 9.84 Å². The molecule has 0 spiro atoms. The van der Waals surface area contributed by atoms with Crippen molar-refractivity contribution < 1.29 is 14.6 Å². The Morgan fingerprint density at radius 2 is 1.79 bits per heavy atom. The van der Waals surface area contributed by atoms with Crippen molar-refractivity contribution in [3.63, 3.8) is 0 Å². The largest absolute Gasteiger partial charge is 0.478 e. The predicted octanol–water partition coefficient (Wildman–Crippen LogP) is 4.69. The highest BCUT2D eigenvalue weighted by Gasteiger charge is 2.09. The van der Waals surface area contributed by atoms with Gasteiger partial charge in [-0.2, -0.15) is 0 Å². The maximum atomic E-state index is 10.8. The fraction of sp³-hybridized carbons (Fsp3) is 0.0714. The van der Waals surface area contributed by atoms with Crippen LogP contribution in [-0.2, 0) is 0 Å². The molecule has 0 unspecified atom stereocenters. The molecule has 0 bridgehead atoms. The summed E-state index contributed by atoms with van der Waals surface area (Å²) in [7, 11) is 0. The van der Waals surface area contributed by atoms with Gasteiger partial charge in [-0.1, -0.05) is 0 Å². The topological polar surface area (TPSA) is 46.5 Å². The van der Waals surface area contributed by atoms with Crippen LogP contribution in [0.2, 0.25) is 0 Å². The summed E-state index contributed by atoms with van der Waals surface area (Å²) >= 11 is 4.50. The standard InChI is InChI=1S/C14H10I2O3/c1-8-6-10(15)7-12(16)13(8)19-11-4-2-9(3-5-11)14(17)18/h2-7H,1H3,(H,17,18). The second kappa shape index (κ2) is 6.08. The molecule has 0 amide bonds. The number of aryl methyl sites for hydroxylation is 1. The molecule has 0 aliphatic carbocycles. The Hall–Kier alpha value is -0.830. The molecule has 3 nitrogen and oxygen atoms in total. The summed E-state index contributed by atoms with van der Waals surface area (Å²) in [6.07, 6.45) is 0. The molecule has 0 radical (unpaired) electrons. The molecule has 0 aromatic heterocycles. The smallest absolute Gasteiger partial charge is 0.335 e. The third-order valence-electron chi connectivity index (χ3n) is 2.52. The molecule has 2 rings (SSSR count). The summed E-state index contributed by atoms with van der Waals surface area (Å²) in [5, 5.41) is 8.84. The van der Waals surface area contributed by atoms with Crippen molar-refractivity contribution >= 4 is 51.2 Å². The third-order valence-corrected chi connectivity index (χ3v) is 3.94. The lowest BCUT2D eigenvalue weighted by Crippen LogP contribution is -1.96. The molecule has 0 saturated carbocycles. The van der Waals surface area contributed by atoms with Gasteiger partial charge in [0.25, 0.3) is 0 Å². The van der Waals surface area contributed by atoms with Gasteiger partial charge in [0.1, 0.15) is 11.5 Å². The van der Waals surface area contributed by atoms with Crippen LogP contribution in [0.25, 0.3) is 0 Å². The van der Waals surface area contributed by atoms with Crippen molar-refractivity contribution in [3.8, 4) is 11.5 Å². The number of hydrogen-bond donors (Lipinski definition) is 1. The quantitative estimate of drug-likeness (QED) is 0.649. The summed E-state index contributed by atoms with van der Waals surface area (Å²) in [6, 6.07) is 10.5. The number of benzene rings is 2. The van der Waals surface area contributed by atoms with Crippen molar-refractivity contribution in [2.24, 2.45) is 0 Å². The average Bonchev–Trinajstić information content (AvgIpc) is 2.34. The fourth-order valence-corrected chi connectivity index (χ4v) is 3.85. The maximum absolute atomic E-state index is 10.8. The zero-order valence-corrected chi connectivity index (χ0v) is 14.3. The van der Waals surface area contributed by atoms with Crippen LogP contribution in [0.4, 0.5) is 0 Å². The predicted molar refractivity (Wildman–Crippen MR) is 90.1 cm³/mol. The van der Waals surface area contributed by atoms with Crippen LogP contribution >= 0.6 is 45.2 Å². The van der Waals surface area contributed by atoms with Crippen LogP contribution in [0.1, 0.15) is 15.9 Å². The van der Waals surface area contributed by atoms with Gasteiger partial charge in [-0.25, -0.2) is 4.79 Å². The number of aromatic carboxylic acids is 1. The lowest BCUT2D eigenvalue weighted by molar-refractivity contribution is 0.0697. The first-order valence-electron chi connectivity index (χ1n) is 5.44. The number of halogens is 2. The molecule has 0 fully saturated rings. The monoisotopic (exact) mass is 480 g/mol. The molecule has 0 aliphatic heterocycles. The van der Waals surface area contributed by atoms with Crippen molar-refractivity contribution in [3.05, 3.63) is 54.7 Å². The Morgan fingerprint density at radius 3 is 2.32 bits per heavy atom. The minimum absolute atomic E-state index is 0.251. The van der Waals surface area contributed by atoms with Gasteiger partial charge in [0, 0.05) is 3.57 Å². The zero-order valence-electron chi connectivity index (χ0n) is 9.98. The SMILES string of the molecule is Cc1cc(I)cc(I)c1Oc1ccc(C(=O)O)cc1. The Kier molecular flexibility index (Phi) is 4.67. The van der Waals surface area contributed by atoms with Gasteiger partial charge in [-0.05, 0) is 94.1 Å². The van der Waals surface area contributed by atoms with Crippen molar-refractivity contribution in [1.29, 1.82) is 0 Å². The van der Waals surface area contributed by atoms with Crippen LogP contribution in [0.5, 0.6) is 11.5 Å². The molecule has 2 aromatic carbocycles. The fourth-order valence-electron chi connectivity index (χ4n) is 1.60. The van der Waals surface area contributed by atoms with E-state index in [-0.39, 0.29) is 5.56 Å². The Balaban J connectivity index is 2.29. The van der Waals surface area contributed by atoms with Gasteiger partial charge in [0.05, 0.1) is 9.13 Å². The number of carboxylic acids is 1. The highest BCUT2D eigenvalue weighted by Crippen LogP contribution is 2.31. The Morgan fingerprint density at radius 1 is 1.16 bits per heavy atom. The number of ether oxygens (including phenoxy) is 1. The van der Waals surface area contributed by atoms with E-state index in [4.69, 9.17) is 9.84 Å². The Bertz CT molecular complexity index is 598. The van der Waals surface area contributed by atoms with E-state index in [9.17, 15) is 4.79 Å². The lowest BCUT2D eigenvalue weighted by atomic mass is 10.2. The molecule has 0 atom stereocenters. The minimum atomic E-state index is -0.938. The number of carboxylic acid groups (broad SMARTS) is 1. The van der Waals surface area contributed by atoms with Gasteiger partial charge in [0.15, 0.2) is 0 Å². The van der Waals surface area contributed by atoms with Crippen LogP contribution < -0.4 is 4.74 Å². The van der Waals surface area contributed by atoms with Crippen molar-refractivity contribution in [2.75, 3.05) is 0 Å². The number of hydrogen-bond acceptors (Lipinski definition) is 2. The van der Waals surface area contributed by atoms with E-state index < -0.39 is 5.97 Å². The van der Waals surface area contributed by atoms with Gasteiger partial charge in [0.2, 0.25) is 0 Å². The van der Waals surface area contributed by atoms with E-state index in [0.717, 1.165) is 18.5 Å². The molecule has 0 aliphatic rings. The van der Waals surface area contributed by atoms with Crippen LogP contribution in [-0.4, -0.2) is 11.1 Å². The summed E-state index contributed by atoms with van der Waals surface area (Å²) < 4.78 is 8.02. The lowest BCUT2D eigenvalue weighted by Gasteiger charge is -2.11. The highest BCUT2D eigenvalue weighted by atomic mass is 127. The molecule has 0 saturated heterocycles. The van der Waals surface area contributed by atoms with E-state index in [1.807, 2.05) is 19.1 Å². The van der Waals surface area contributed by atoms with E-state index in [2.05, 4.69) is 45.2 Å². The first kappa shape index (κ1) is 14.6. The average molecular weight is 480 g/mol. The van der Waals surface area contributed by atoms with E-state index >= 15 is 0 Å². The third kappa shape index (κ3) is 3.59. The molecule has 2 aromatic rings. The van der Waals surface area contributed by atoms with Gasteiger partial charge in [-0.15, -0.1) is 0 Å². The van der Waals surface area contributed by atoms with Crippen LogP contribution in [0.3, 0.4) is 0 Å². The molecule has 1 N–H and O–H groups in total. The van der Waals surface area contributed by atoms with E-state index in [1.54, 1.807) is 12.1 Å². The molecule has 0 heterocycles. The van der Waals surface area contributed by atoms with Crippen molar-refractivity contribution in [2.45, 2.75) is 6.92 Å². The molecule has 19 heavy (non-hydrogen) atoms. The van der Waals surface area contributed by atoms with Gasteiger partial charge in [-0.3, -0.25) is 0 Å². The minimum Gasteiger partial charge on any atom is -0.478 e. The Labute approximate surface area is 138 Å². The zero-order chi connectivity index (χ0) is 14.0. The molecule has 5 heteroatoms. The summed E-state index contributed by atoms with van der Waals surface area (Å²) in [4.78, 5) is 10.8. The second-order valence-corrected chi connectivity index (χ2v) is 6.37. The molecular formula is C14H10I2O3. The first-order chi connectivity index (χ1) is 8.97. The normalized spacial score (nSPS) is 10.3. The number of carbonyl (C=O) groups is 1. The van der Waals surface area contributed by atoms with E-state index in [0.29, 0.717) is 5.75 Å². The van der Waals surface area contributed by atoms with Crippen LogP contribution in [0, 0.1) is 14.1 Å².